The van der Waals surface area contributed by atoms with Gasteiger partial charge < -0.3 is 0 Å². The van der Waals surface area contributed by atoms with Gasteiger partial charge in [0.25, 0.3) is 0 Å². The third-order valence-corrected chi connectivity index (χ3v) is 6.01. The van der Waals surface area contributed by atoms with E-state index in [1.54, 1.807) is 11.3 Å². The summed E-state index contributed by atoms with van der Waals surface area (Å²) in [5.74, 6) is 1.20. The van der Waals surface area contributed by atoms with E-state index in [0.29, 0.717) is 18.4 Å². The highest BCUT2D eigenvalue weighted by molar-refractivity contribution is 7.14. The number of Topliss-reactive ketones (excluding diaryl/α,β-unsaturated/α-hetero) is 1. The second kappa shape index (κ2) is 5.76. The molecule has 2 atom stereocenters. The Hall–Kier alpha value is -0.670. The first kappa shape index (κ1) is 13.3. The van der Waals surface area contributed by atoms with E-state index in [-0.39, 0.29) is 0 Å². The van der Waals surface area contributed by atoms with Crippen LogP contribution in [0.4, 0.5) is 0 Å². The van der Waals surface area contributed by atoms with Crippen molar-refractivity contribution < 1.29 is 4.79 Å². The minimum Gasteiger partial charge on any atom is -0.293 e. The summed E-state index contributed by atoms with van der Waals surface area (Å²) in [6.07, 6.45) is 7.75. The van der Waals surface area contributed by atoms with Gasteiger partial charge in [0.15, 0.2) is 5.78 Å². The fraction of sp³-hybridized carbons (Fsp3) is 0.688. The number of aryl methyl sites for hydroxylation is 1. The summed E-state index contributed by atoms with van der Waals surface area (Å²) < 4.78 is 0. The van der Waals surface area contributed by atoms with E-state index in [9.17, 15) is 4.79 Å². The lowest BCUT2D eigenvalue weighted by Crippen LogP contribution is -2.44. The molecule has 2 nitrogen and oxygen atoms in total. The van der Waals surface area contributed by atoms with Crippen molar-refractivity contribution in [3.8, 4) is 0 Å². The van der Waals surface area contributed by atoms with Gasteiger partial charge in [-0.05, 0) is 56.7 Å². The molecule has 2 unspecified atom stereocenters. The highest BCUT2D eigenvalue weighted by Crippen LogP contribution is 2.36. The Bertz CT molecular complexity index is 453. The Morgan fingerprint density at radius 3 is 2.95 bits per heavy atom. The number of nitrogens with zero attached hydrogens (tertiary/aromatic N) is 1. The van der Waals surface area contributed by atoms with Crippen molar-refractivity contribution in [2.24, 2.45) is 5.92 Å². The third-order valence-electron chi connectivity index (χ3n) is 4.74. The number of ketones is 1. The van der Waals surface area contributed by atoms with E-state index in [4.69, 9.17) is 0 Å². The number of thiophene rings is 1. The van der Waals surface area contributed by atoms with E-state index in [1.807, 2.05) is 6.07 Å². The smallest absolute Gasteiger partial charge is 0.186 e. The van der Waals surface area contributed by atoms with Gasteiger partial charge in [-0.2, -0.15) is 0 Å². The van der Waals surface area contributed by atoms with E-state index in [2.05, 4.69) is 17.9 Å². The minimum atomic E-state index is 0.331. The van der Waals surface area contributed by atoms with Crippen LogP contribution in [0.25, 0.3) is 0 Å². The van der Waals surface area contributed by atoms with Crippen molar-refractivity contribution in [3.05, 3.63) is 21.9 Å². The lowest BCUT2D eigenvalue weighted by atomic mass is 9.92. The second-order valence-electron chi connectivity index (χ2n) is 5.91. The van der Waals surface area contributed by atoms with Crippen molar-refractivity contribution in [1.82, 2.24) is 4.90 Å². The summed E-state index contributed by atoms with van der Waals surface area (Å²) in [6, 6.07) is 4.82. The van der Waals surface area contributed by atoms with Crippen LogP contribution in [0.15, 0.2) is 12.1 Å². The van der Waals surface area contributed by atoms with Crippen LogP contribution in [0.2, 0.25) is 0 Å². The summed E-state index contributed by atoms with van der Waals surface area (Å²) in [5.41, 5.74) is 0. The number of carbonyl (C=O) groups is 1. The number of piperidine rings is 1. The second-order valence-corrected chi connectivity index (χ2v) is 7.08. The fourth-order valence-corrected chi connectivity index (χ4v) is 4.61. The normalized spacial score (nSPS) is 27.4. The van der Waals surface area contributed by atoms with Crippen LogP contribution >= 0.6 is 11.3 Å². The van der Waals surface area contributed by atoms with E-state index in [0.717, 1.165) is 23.8 Å². The molecule has 0 amide bonds. The zero-order valence-corrected chi connectivity index (χ0v) is 12.5. The lowest BCUT2D eigenvalue weighted by Gasteiger charge is -2.37. The lowest BCUT2D eigenvalue weighted by molar-refractivity contribution is 0.0780. The van der Waals surface area contributed by atoms with Crippen molar-refractivity contribution in [1.29, 1.82) is 0 Å². The summed E-state index contributed by atoms with van der Waals surface area (Å²) >= 11 is 1.68. The highest BCUT2D eigenvalue weighted by Gasteiger charge is 2.35. The molecule has 2 fully saturated rings. The Balaban J connectivity index is 1.65. The first-order valence-corrected chi connectivity index (χ1v) is 8.45. The molecule has 1 aromatic heterocycles. The molecule has 2 aliphatic rings. The van der Waals surface area contributed by atoms with Gasteiger partial charge in [-0.3, -0.25) is 9.69 Å². The quantitative estimate of drug-likeness (QED) is 0.781. The van der Waals surface area contributed by atoms with Crippen LogP contribution in [-0.2, 0) is 6.42 Å². The van der Waals surface area contributed by atoms with Crippen molar-refractivity contribution in [3.63, 3.8) is 0 Å². The van der Waals surface area contributed by atoms with E-state index >= 15 is 0 Å². The van der Waals surface area contributed by atoms with Crippen LogP contribution in [0.3, 0.4) is 0 Å². The van der Waals surface area contributed by atoms with Gasteiger partial charge in [-0.1, -0.05) is 13.3 Å². The average Bonchev–Trinajstić information content (AvgIpc) is 3.08. The maximum Gasteiger partial charge on any atom is 0.186 e. The molecule has 0 spiro atoms. The third kappa shape index (κ3) is 2.77. The van der Waals surface area contributed by atoms with Crippen LogP contribution in [0, 0.1) is 5.92 Å². The molecule has 0 bridgehead atoms. The molecule has 0 aromatic carbocycles. The molecule has 1 saturated heterocycles. The number of carbonyl (C=O) groups excluding carboxylic acids is 1. The Morgan fingerprint density at radius 1 is 1.32 bits per heavy atom. The minimum absolute atomic E-state index is 0.331. The number of hydrogen-bond donors (Lipinski definition) is 0. The Kier molecular flexibility index (Phi) is 4.04. The molecule has 3 heteroatoms. The number of likely N-dealkylation sites (tertiary alicyclic amines) is 1. The molecular weight excluding hydrogens is 254 g/mol. The predicted octanol–water partition coefficient (Wildman–Crippen LogP) is 3.76. The summed E-state index contributed by atoms with van der Waals surface area (Å²) in [5, 5.41) is 0. The molecule has 3 rings (SSSR count). The molecule has 1 saturated carbocycles. The van der Waals surface area contributed by atoms with Gasteiger partial charge >= 0.3 is 0 Å². The van der Waals surface area contributed by atoms with Gasteiger partial charge in [0.1, 0.15) is 0 Å². The largest absolute Gasteiger partial charge is 0.293 e. The predicted molar refractivity (Wildman–Crippen MR) is 80.0 cm³/mol. The monoisotopic (exact) mass is 277 g/mol. The summed E-state index contributed by atoms with van der Waals surface area (Å²) in [7, 11) is 0. The zero-order chi connectivity index (χ0) is 13.2. The summed E-state index contributed by atoms with van der Waals surface area (Å²) in [6.45, 7) is 3.91. The standard InChI is InChI=1S/C16H23NOS/c1-2-13-8-9-16(19-13)15(18)11-17-10-4-6-12-5-3-7-14(12)17/h8-9,12,14H,2-7,10-11H2,1H3. The van der Waals surface area contributed by atoms with Crippen LogP contribution < -0.4 is 0 Å². The molecule has 1 aliphatic carbocycles. The molecule has 104 valence electrons. The van der Waals surface area contributed by atoms with Crippen LogP contribution in [-0.4, -0.2) is 29.8 Å². The maximum atomic E-state index is 12.4. The Morgan fingerprint density at radius 2 is 2.16 bits per heavy atom. The van der Waals surface area contributed by atoms with E-state index in [1.165, 1.54) is 37.0 Å². The molecule has 1 aliphatic heterocycles. The SMILES string of the molecule is CCc1ccc(C(=O)CN2CCCC3CCCC32)s1. The van der Waals surface area contributed by atoms with E-state index < -0.39 is 0 Å². The molecule has 1 aromatic rings. The van der Waals surface area contributed by atoms with Crippen molar-refractivity contribution >= 4 is 17.1 Å². The van der Waals surface area contributed by atoms with Gasteiger partial charge in [0.05, 0.1) is 11.4 Å². The molecular formula is C16H23NOS. The van der Waals surface area contributed by atoms with Crippen LogP contribution in [0.5, 0.6) is 0 Å². The van der Waals surface area contributed by atoms with Crippen LogP contribution in [0.1, 0.15) is 53.6 Å². The number of hydrogen-bond acceptors (Lipinski definition) is 3. The Labute approximate surface area is 119 Å². The maximum absolute atomic E-state index is 12.4. The zero-order valence-electron chi connectivity index (χ0n) is 11.7. The molecule has 19 heavy (non-hydrogen) atoms. The number of fused-ring (bicyclic) bond motifs is 1. The van der Waals surface area contributed by atoms with Gasteiger partial charge in [-0.15, -0.1) is 11.3 Å². The van der Waals surface area contributed by atoms with Gasteiger partial charge in [0, 0.05) is 10.9 Å². The molecule has 0 radical (unpaired) electrons. The first-order chi connectivity index (χ1) is 9.28. The van der Waals surface area contributed by atoms with Crippen molar-refractivity contribution in [2.75, 3.05) is 13.1 Å². The fourth-order valence-electron chi connectivity index (χ4n) is 3.73. The molecule has 0 N–H and O–H groups in total. The average molecular weight is 277 g/mol. The molecule has 2 heterocycles. The van der Waals surface area contributed by atoms with Gasteiger partial charge in [-0.25, -0.2) is 0 Å². The van der Waals surface area contributed by atoms with Crippen molar-refractivity contribution in [2.45, 2.75) is 51.5 Å². The van der Waals surface area contributed by atoms with Gasteiger partial charge in [0.2, 0.25) is 0 Å². The topological polar surface area (TPSA) is 20.3 Å². The highest BCUT2D eigenvalue weighted by atomic mass is 32.1. The first-order valence-electron chi connectivity index (χ1n) is 7.64. The number of rotatable bonds is 4. The summed E-state index contributed by atoms with van der Waals surface area (Å²) in [4.78, 5) is 17.1.